The highest BCUT2D eigenvalue weighted by molar-refractivity contribution is 7.13. The molecule has 17 heavy (non-hydrogen) atoms. The zero-order valence-electron chi connectivity index (χ0n) is 9.75. The van der Waals surface area contributed by atoms with Crippen LogP contribution in [0.1, 0.15) is 18.4 Å². The van der Waals surface area contributed by atoms with Crippen LogP contribution in [0.15, 0.2) is 6.33 Å². The molecule has 0 spiro atoms. The van der Waals surface area contributed by atoms with Gasteiger partial charge in [0.05, 0.1) is 0 Å². The largest absolute Gasteiger partial charge is 0.393 e. The van der Waals surface area contributed by atoms with Gasteiger partial charge in [0, 0.05) is 13.6 Å². The van der Waals surface area contributed by atoms with E-state index in [1.807, 2.05) is 0 Å². The summed E-state index contributed by atoms with van der Waals surface area (Å²) in [6.45, 7) is 3.80. The minimum absolute atomic E-state index is 0.289. The summed E-state index contributed by atoms with van der Waals surface area (Å²) < 4.78 is 6.93. The molecule has 1 N–H and O–H groups in total. The third-order valence-electron chi connectivity index (χ3n) is 1.91. The predicted molar refractivity (Wildman–Crippen MR) is 63.0 cm³/mol. The molecule has 0 unspecified atom stereocenters. The summed E-state index contributed by atoms with van der Waals surface area (Å²) in [7, 11) is 1.78. The number of hydrogen-bond donors (Lipinski definition) is 1. The van der Waals surface area contributed by atoms with Gasteiger partial charge in [0.2, 0.25) is 0 Å². The van der Waals surface area contributed by atoms with Crippen molar-refractivity contribution in [2.24, 2.45) is 7.05 Å². The molecule has 0 amide bonds. The lowest BCUT2D eigenvalue weighted by Crippen LogP contribution is -2.13. The van der Waals surface area contributed by atoms with Crippen molar-refractivity contribution >= 4 is 11.3 Å². The summed E-state index contributed by atoms with van der Waals surface area (Å²) in [6.07, 6.45) is 2.67. The van der Waals surface area contributed by atoms with Crippen LogP contribution in [0.3, 0.4) is 0 Å². The predicted octanol–water partition coefficient (Wildman–Crippen LogP) is 0.958. The van der Waals surface area contributed by atoms with Gasteiger partial charge in [-0.1, -0.05) is 23.4 Å². The lowest BCUT2D eigenvalue weighted by molar-refractivity contribution is 0.431. The van der Waals surface area contributed by atoms with Crippen LogP contribution in [0, 0.1) is 0 Å². The van der Waals surface area contributed by atoms with E-state index in [0.29, 0.717) is 11.7 Å². The maximum absolute atomic E-state index is 5.36. The molecule has 92 valence electrons. The van der Waals surface area contributed by atoms with Gasteiger partial charge < -0.3 is 10.1 Å². The van der Waals surface area contributed by atoms with Crippen LogP contribution < -0.4 is 10.1 Å². The number of ether oxygens (including phenoxy) is 1. The molecule has 0 aliphatic heterocycles. The molecule has 7 nitrogen and oxygen atoms in total. The molecule has 0 radical (unpaired) electrons. The first kappa shape index (κ1) is 11.9. The zero-order valence-corrected chi connectivity index (χ0v) is 10.6. The van der Waals surface area contributed by atoms with Crippen molar-refractivity contribution in [1.29, 1.82) is 0 Å². The van der Waals surface area contributed by atoms with Gasteiger partial charge in [-0.05, 0) is 13.0 Å². The van der Waals surface area contributed by atoms with Gasteiger partial charge in [-0.15, -0.1) is 10.2 Å². The highest BCUT2D eigenvalue weighted by Crippen LogP contribution is 2.21. The van der Waals surface area contributed by atoms with Crippen molar-refractivity contribution in [3.63, 3.8) is 0 Å². The van der Waals surface area contributed by atoms with Gasteiger partial charge >= 0.3 is 11.2 Å². The first-order valence-corrected chi connectivity index (χ1v) is 6.16. The second-order valence-corrected chi connectivity index (χ2v) is 4.47. The van der Waals surface area contributed by atoms with Crippen molar-refractivity contribution in [2.45, 2.75) is 19.9 Å². The minimum Gasteiger partial charge on any atom is -0.393 e. The maximum Gasteiger partial charge on any atom is 0.342 e. The summed E-state index contributed by atoms with van der Waals surface area (Å²) in [4.78, 5) is 3.95. The van der Waals surface area contributed by atoms with Crippen LogP contribution >= 0.6 is 11.3 Å². The maximum atomic E-state index is 5.36. The molecule has 0 atom stereocenters. The Bertz CT molecular complexity index is 468. The molecule has 0 fully saturated rings. The van der Waals surface area contributed by atoms with Gasteiger partial charge in [0.1, 0.15) is 11.3 Å². The van der Waals surface area contributed by atoms with Crippen molar-refractivity contribution in [3.8, 4) is 11.2 Å². The Morgan fingerprint density at radius 2 is 2.35 bits per heavy atom. The first-order chi connectivity index (χ1) is 8.28. The first-order valence-electron chi connectivity index (χ1n) is 5.34. The average molecular weight is 254 g/mol. The molecule has 2 rings (SSSR count). The molecule has 0 aliphatic rings. The van der Waals surface area contributed by atoms with Crippen LogP contribution in [-0.4, -0.2) is 31.5 Å². The Morgan fingerprint density at radius 1 is 1.47 bits per heavy atom. The van der Waals surface area contributed by atoms with Crippen molar-refractivity contribution in [1.82, 2.24) is 30.3 Å². The quantitative estimate of drug-likeness (QED) is 0.774. The average Bonchev–Trinajstić information content (AvgIpc) is 2.90. The normalized spacial score (nSPS) is 10.7. The molecular weight excluding hydrogens is 240 g/mol. The van der Waals surface area contributed by atoms with E-state index in [1.165, 1.54) is 11.3 Å². The fourth-order valence-electron chi connectivity index (χ4n) is 1.17. The van der Waals surface area contributed by atoms with Gasteiger partial charge in [-0.3, -0.25) is 4.68 Å². The van der Waals surface area contributed by atoms with E-state index in [2.05, 4.69) is 32.5 Å². The molecule has 2 heterocycles. The Morgan fingerprint density at radius 3 is 3.06 bits per heavy atom. The van der Waals surface area contributed by atoms with Gasteiger partial charge in [-0.2, -0.15) is 4.98 Å². The summed E-state index contributed by atoms with van der Waals surface area (Å²) >= 11 is 1.39. The highest BCUT2D eigenvalue weighted by Gasteiger charge is 2.08. The standard InChI is InChI=1S/C9H14N6OS/c1-3-4-10-5-7-12-13-9(17-7)16-8-11-6-15(2)14-8/h6,10H,3-5H2,1-2H3. The highest BCUT2D eigenvalue weighted by atomic mass is 32.1. The number of nitrogens with one attached hydrogen (secondary N) is 1. The number of hydrogen-bond acceptors (Lipinski definition) is 7. The van der Waals surface area contributed by atoms with E-state index < -0.39 is 0 Å². The summed E-state index contributed by atoms with van der Waals surface area (Å²) in [5.74, 6) is 0. The third-order valence-corrected chi connectivity index (χ3v) is 2.71. The second-order valence-electron chi connectivity index (χ2n) is 3.44. The molecule has 0 aliphatic carbocycles. The van der Waals surface area contributed by atoms with Crippen molar-refractivity contribution < 1.29 is 4.74 Å². The molecule has 8 heteroatoms. The Kier molecular flexibility index (Phi) is 3.99. The third kappa shape index (κ3) is 3.46. The Balaban J connectivity index is 1.89. The molecule has 2 aromatic rings. The molecule has 2 aromatic heterocycles. The zero-order chi connectivity index (χ0) is 12.1. The van der Waals surface area contributed by atoms with Crippen LogP contribution in [0.5, 0.6) is 11.2 Å². The smallest absolute Gasteiger partial charge is 0.342 e. The van der Waals surface area contributed by atoms with E-state index in [-0.39, 0.29) is 6.01 Å². The molecule has 0 saturated carbocycles. The van der Waals surface area contributed by atoms with Gasteiger partial charge in [0.25, 0.3) is 0 Å². The number of aryl methyl sites for hydroxylation is 1. The summed E-state index contributed by atoms with van der Waals surface area (Å²) in [5.41, 5.74) is 0. The van der Waals surface area contributed by atoms with Crippen molar-refractivity contribution in [3.05, 3.63) is 11.3 Å². The van der Waals surface area contributed by atoms with Crippen LogP contribution in [0.25, 0.3) is 0 Å². The Labute approximate surface area is 103 Å². The molecule has 0 aromatic carbocycles. The van der Waals surface area contributed by atoms with E-state index in [4.69, 9.17) is 4.74 Å². The lowest BCUT2D eigenvalue weighted by Gasteiger charge is -1.96. The summed E-state index contributed by atoms with van der Waals surface area (Å²) in [5, 5.41) is 16.5. The van der Waals surface area contributed by atoms with Crippen LogP contribution in [0.4, 0.5) is 0 Å². The molecular formula is C9H14N6OS. The summed E-state index contributed by atoms with van der Waals surface area (Å²) in [6, 6.07) is 0.289. The number of rotatable bonds is 6. The number of aromatic nitrogens is 5. The molecule has 0 bridgehead atoms. The molecule has 0 saturated heterocycles. The fourth-order valence-corrected chi connectivity index (χ4v) is 1.82. The monoisotopic (exact) mass is 254 g/mol. The number of nitrogens with zero attached hydrogens (tertiary/aromatic N) is 5. The van der Waals surface area contributed by atoms with Crippen LogP contribution in [0.2, 0.25) is 0 Å². The van der Waals surface area contributed by atoms with E-state index >= 15 is 0 Å². The minimum atomic E-state index is 0.289. The van der Waals surface area contributed by atoms with Gasteiger partial charge in [0.15, 0.2) is 0 Å². The fraction of sp³-hybridized carbons (Fsp3) is 0.556. The second kappa shape index (κ2) is 5.69. The van der Waals surface area contributed by atoms with Crippen LogP contribution in [-0.2, 0) is 13.6 Å². The Hall–Kier alpha value is -1.54. The van der Waals surface area contributed by atoms with Gasteiger partial charge in [-0.25, -0.2) is 0 Å². The topological polar surface area (TPSA) is 77.8 Å². The van der Waals surface area contributed by atoms with E-state index in [9.17, 15) is 0 Å². The SMILES string of the molecule is CCCNCc1nnc(Oc2ncn(C)n2)s1. The van der Waals surface area contributed by atoms with E-state index in [0.717, 1.165) is 18.0 Å². The van der Waals surface area contributed by atoms with Crippen molar-refractivity contribution in [2.75, 3.05) is 6.54 Å². The lowest BCUT2D eigenvalue weighted by atomic mass is 10.5. The van der Waals surface area contributed by atoms with E-state index in [1.54, 1.807) is 18.1 Å².